The number of carbonyl (C=O) groups is 4. The quantitative estimate of drug-likeness (QED) is 0.300. The molecular formula is C33H46N4O6S. The van der Waals surface area contributed by atoms with Gasteiger partial charge in [0.25, 0.3) is 5.91 Å². The van der Waals surface area contributed by atoms with Crippen LogP contribution in [0.3, 0.4) is 0 Å². The first kappa shape index (κ1) is 34.9. The molecule has 10 nitrogen and oxygen atoms in total. The predicted molar refractivity (Wildman–Crippen MR) is 172 cm³/mol. The third kappa shape index (κ3) is 9.72. The summed E-state index contributed by atoms with van der Waals surface area (Å²) in [5, 5.41) is 19.8. The molecule has 0 aromatic heterocycles. The van der Waals surface area contributed by atoms with Crippen LogP contribution < -0.4 is 16.0 Å². The number of benzene rings is 2. The number of hydrogen-bond acceptors (Lipinski definition) is 7. The maximum absolute atomic E-state index is 13.9. The Morgan fingerprint density at radius 2 is 1.68 bits per heavy atom. The maximum atomic E-state index is 13.9. The Balaban J connectivity index is 1.75. The lowest BCUT2D eigenvalue weighted by Gasteiger charge is -2.33. The zero-order valence-electron chi connectivity index (χ0n) is 26.7. The highest BCUT2D eigenvalue weighted by atomic mass is 32.2. The van der Waals surface area contributed by atoms with E-state index in [1.165, 1.54) is 16.7 Å². The van der Waals surface area contributed by atoms with E-state index >= 15 is 0 Å². The van der Waals surface area contributed by atoms with Crippen molar-refractivity contribution in [2.45, 2.75) is 90.0 Å². The van der Waals surface area contributed by atoms with Crippen LogP contribution in [0.4, 0.5) is 4.79 Å². The molecule has 0 radical (unpaired) electrons. The molecule has 4 unspecified atom stereocenters. The van der Waals surface area contributed by atoms with E-state index < -0.39 is 52.4 Å². The Morgan fingerprint density at radius 3 is 2.32 bits per heavy atom. The second kappa shape index (κ2) is 14.9. The van der Waals surface area contributed by atoms with E-state index in [-0.39, 0.29) is 24.7 Å². The minimum Gasteiger partial charge on any atom is -0.444 e. The standard InChI is InChI=1S/C33H46N4O6S/c1-21-13-11-12-16-24(21)19-34-29(40)27-33(6,7)44-20-37(27)30(41)26(38)25(17-23-14-9-8-10-15-23)36-28(39)22(2)18-35-31(42)43-32(3,4)5/h8-16,22,25-27,38H,17-20H2,1-7H3,(H,34,40)(H,35,42)(H,36,39). The van der Waals surface area contributed by atoms with Crippen LogP contribution >= 0.6 is 11.8 Å². The molecule has 1 aliphatic rings. The van der Waals surface area contributed by atoms with Crippen molar-refractivity contribution < 1.29 is 29.0 Å². The van der Waals surface area contributed by atoms with Crippen LogP contribution in [0.2, 0.25) is 0 Å². The average molecular weight is 627 g/mol. The van der Waals surface area contributed by atoms with Crippen molar-refractivity contribution in [2.75, 3.05) is 12.4 Å². The molecule has 4 atom stereocenters. The smallest absolute Gasteiger partial charge is 0.407 e. The highest BCUT2D eigenvalue weighted by Gasteiger charge is 2.49. The number of aliphatic hydroxyl groups is 1. The van der Waals surface area contributed by atoms with Crippen LogP contribution in [0.1, 0.15) is 58.2 Å². The lowest BCUT2D eigenvalue weighted by atomic mass is 9.96. The first-order valence-electron chi connectivity index (χ1n) is 14.8. The monoisotopic (exact) mass is 626 g/mol. The van der Waals surface area contributed by atoms with E-state index in [4.69, 9.17) is 4.74 Å². The minimum atomic E-state index is -1.62. The molecule has 44 heavy (non-hydrogen) atoms. The molecule has 2 aromatic rings. The Bertz CT molecular complexity index is 1310. The molecule has 3 rings (SSSR count). The van der Waals surface area contributed by atoms with Gasteiger partial charge in [0, 0.05) is 17.8 Å². The van der Waals surface area contributed by atoms with Crippen molar-refractivity contribution in [1.29, 1.82) is 0 Å². The molecule has 0 bridgehead atoms. The van der Waals surface area contributed by atoms with Crippen molar-refractivity contribution in [3.05, 3.63) is 71.3 Å². The Morgan fingerprint density at radius 1 is 1.05 bits per heavy atom. The molecule has 2 aromatic carbocycles. The number of ether oxygens (including phenoxy) is 1. The third-order valence-corrected chi connectivity index (χ3v) is 8.83. The Kier molecular flexibility index (Phi) is 11.9. The van der Waals surface area contributed by atoms with Gasteiger partial charge in [-0.25, -0.2) is 4.79 Å². The Labute approximate surface area is 264 Å². The molecule has 4 amide bonds. The summed E-state index contributed by atoms with van der Waals surface area (Å²) in [5.41, 5.74) is 2.15. The molecule has 0 aliphatic carbocycles. The largest absolute Gasteiger partial charge is 0.444 e. The summed E-state index contributed by atoms with van der Waals surface area (Å²) < 4.78 is 4.64. The molecule has 0 spiro atoms. The van der Waals surface area contributed by atoms with Crippen LogP contribution in [-0.4, -0.2) is 74.8 Å². The summed E-state index contributed by atoms with van der Waals surface area (Å²) in [4.78, 5) is 54.1. The number of nitrogens with one attached hydrogen (secondary N) is 3. The van der Waals surface area contributed by atoms with E-state index in [0.717, 1.165) is 16.7 Å². The first-order chi connectivity index (χ1) is 20.6. The van der Waals surface area contributed by atoms with Gasteiger partial charge >= 0.3 is 6.09 Å². The fraction of sp³-hybridized carbons (Fsp3) is 0.515. The molecule has 240 valence electrons. The van der Waals surface area contributed by atoms with Crippen molar-refractivity contribution in [1.82, 2.24) is 20.9 Å². The van der Waals surface area contributed by atoms with Gasteiger partial charge in [-0.1, -0.05) is 61.5 Å². The predicted octanol–water partition coefficient (Wildman–Crippen LogP) is 3.54. The van der Waals surface area contributed by atoms with Gasteiger partial charge in [0.2, 0.25) is 11.8 Å². The summed E-state index contributed by atoms with van der Waals surface area (Å²) in [6, 6.07) is 15.2. The molecule has 4 N–H and O–H groups in total. The normalized spacial score (nSPS) is 18.1. The van der Waals surface area contributed by atoms with Crippen LogP contribution in [-0.2, 0) is 32.1 Å². The molecule has 1 fully saturated rings. The number of carbonyl (C=O) groups excluding carboxylic acids is 4. The number of nitrogens with zero attached hydrogens (tertiary/aromatic N) is 1. The van der Waals surface area contributed by atoms with E-state index in [1.807, 2.05) is 75.4 Å². The van der Waals surface area contributed by atoms with Crippen molar-refractivity contribution in [2.24, 2.45) is 5.92 Å². The lowest BCUT2D eigenvalue weighted by Crippen LogP contribution is -2.59. The highest BCUT2D eigenvalue weighted by molar-refractivity contribution is 8.00. The zero-order valence-corrected chi connectivity index (χ0v) is 27.5. The zero-order chi connectivity index (χ0) is 32.7. The van der Waals surface area contributed by atoms with Gasteiger partial charge in [0.15, 0.2) is 6.10 Å². The van der Waals surface area contributed by atoms with Gasteiger partial charge in [0.05, 0.1) is 17.8 Å². The number of aryl methyl sites for hydroxylation is 1. The first-order valence-corrected chi connectivity index (χ1v) is 15.8. The van der Waals surface area contributed by atoms with Crippen LogP contribution in [0, 0.1) is 12.8 Å². The van der Waals surface area contributed by atoms with Crippen molar-refractivity contribution >= 4 is 35.6 Å². The third-order valence-electron chi connectivity index (χ3n) is 7.45. The highest BCUT2D eigenvalue weighted by Crippen LogP contribution is 2.40. The van der Waals surface area contributed by atoms with Gasteiger partial charge in [-0.05, 0) is 64.7 Å². The number of rotatable bonds is 11. The maximum Gasteiger partial charge on any atom is 0.407 e. The van der Waals surface area contributed by atoms with Crippen LogP contribution in [0.15, 0.2) is 54.6 Å². The molecule has 1 heterocycles. The van der Waals surface area contributed by atoms with Gasteiger partial charge in [-0.3, -0.25) is 14.4 Å². The average Bonchev–Trinajstić information content (AvgIpc) is 3.28. The minimum absolute atomic E-state index is 0.00291. The molecule has 11 heteroatoms. The topological polar surface area (TPSA) is 137 Å². The second-order valence-electron chi connectivity index (χ2n) is 12.8. The Hall–Kier alpha value is -3.57. The van der Waals surface area contributed by atoms with E-state index in [0.29, 0.717) is 6.54 Å². The van der Waals surface area contributed by atoms with Crippen LogP contribution in [0.5, 0.6) is 0 Å². The fourth-order valence-electron chi connectivity index (χ4n) is 4.92. The van der Waals surface area contributed by atoms with Gasteiger partial charge < -0.3 is 30.7 Å². The fourth-order valence-corrected chi connectivity index (χ4v) is 6.06. The lowest BCUT2D eigenvalue weighted by molar-refractivity contribution is -0.148. The SMILES string of the molecule is Cc1ccccc1CNC(=O)C1N(C(=O)C(O)C(Cc2ccccc2)NC(=O)C(C)CNC(=O)OC(C)(C)C)CSC1(C)C. The molecular weight excluding hydrogens is 580 g/mol. The van der Waals surface area contributed by atoms with Gasteiger partial charge in [-0.2, -0.15) is 0 Å². The summed E-state index contributed by atoms with van der Waals surface area (Å²) in [6.45, 7) is 13.0. The molecule has 1 saturated heterocycles. The van der Waals surface area contributed by atoms with Crippen LogP contribution in [0.25, 0.3) is 0 Å². The number of aliphatic hydroxyl groups excluding tert-OH is 1. The summed E-state index contributed by atoms with van der Waals surface area (Å²) >= 11 is 1.46. The van der Waals surface area contributed by atoms with E-state index in [2.05, 4.69) is 16.0 Å². The summed E-state index contributed by atoms with van der Waals surface area (Å²) in [5.74, 6) is -1.86. The second-order valence-corrected chi connectivity index (χ2v) is 14.4. The summed E-state index contributed by atoms with van der Waals surface area (Å²) in [7, 11) is 0. The number of alkyl carbamates (subject to hydrolysis) is 1. The van der Waals surface area contributed by atoms with E-state index in [9.17, 15) is 24.3 Å². The number of thioether (sulfide) groups is 1. The van der Waals surface area contributed by atoms with E-state index in [1.54, 1.807) is 27.7 Å². The number of amides is 4. The molecule has 0 saturated carbocycles. The van der Waals surface area contributed by atoms with Gasteiger partial charge in [-0.15, -0.1) is 11.8 Å². The van der Waals surface area contributed by atoms with Gasteiger partial charge in [0.1, 0.15) is 11.6 Å². The van der Waals surface area contributed by atoms with Crippen molar-refractivity contribution in [3.8, 4) is 0 Å². The summed E-state index contributed by atoms with van der Waals surface area (Å²) in [6.07, 6.45) is -2.08. The number of hydrogen-bond donors (Lipinski definition) is 4. The van der Waals surface area contributed by atoms with Crippen molar-refractivity contribution in [3.63, 3.8) is 0 Å². The molecule has 1 aliphatic heterocycles.